The van der Waals surface area contributed by atoms with Crippen LogP contribution in [-0.2, 0) is 6.54 Å². The van der Waals surface area contributed by atoms with Crippen molar-refractivity contribution >= 4 is 11.8 Å². The van der Waals surface area contributed by atoms with Crippen molar-refractivity contribution in [3.05, 3.63) is 41.6 Å². The molecule has 0 bridgehead atoms. The molecule has 1 aromatic carbocycles. The van der Waals surface area contributed by atoms with Gasteiger partial charge in [0, 0.05) is 23.9 Å². The normalized spacial score (nSPS) is 14.5. The fraction of sp³-hybridized carbons (Fsp3) is 0.286. The summed E-state index contributed by atoms with van der Waals surface area (Å²) in [6.07, 6.45) is 1.76. The van der Waals surface area contributed by atoms with Crippen molar-refractivity contribution in [1.29, 1.82) is 0 Å². The molecule has 0 aliphatic carbocycles. The second-order valence-corrected chi connectivity index (χ2v) is 4.61. The molecule has 0 unspecified atom stereocenters. The van der Waals surface area contributed by atoms with Gasteiger partial charge in [0.2, 0.25) is 5.95 Å². The van der Waals surface area contributed by atoms with Crippen molar-refractivity contribution in [1.82, 2.24) is 9.97 Å². The number of hydrogen-bond donors (Lipinski definition) is 1. The van der Waals surface area contributed by atoms with Crippen LogP contribution in [0.3, 0.4) is 0 Å². The molecular weight excluding hydrogens is 240 g/mol. The maximum atomic E-state index is 5.75. The molecule has 0 fully saturated rings. The molecule has 0 spiro atoms. The van der Waals surface area contributed by atoms with Crippen LogP contribution in [0, 0.1) is 6.92 Å². The minimum absolute atomic E-state index is 0.305. The first-order chi connectivity index (χ1) is 9.24. The van der Waals surface area contributed by atoms with E-state index in [-0.39, 0.29) is 0 Å². The van der Waals surface area contributed by atoms with Crippen LogP contribution in [-0.4, -0.2) is 23.1 Å². The Morgan fingerprint density at radius 3 is 3.05 bits per heavy atom. The molecule has 1 aromatic heterocycles. The van der Waals surface area contributed by atoms with Gasteiger partial charge in [0.1, 0.15) is 18.2 Å². The smallest absolute Gasteiger partial charge is 0.221 e. The standard InChI is InChI=1S/C14H16N4O/c1-10-8-16-14(15)17-13(10)18-6-7-19-12-5-3-2-4-11(12)9-18/h2-5,8H,6-7,9H2,1H3,(H2,15,16,17). The predicted octanol–water partition coefficient (Wildman–Crippen LogP) is 1.77. The van der Waals surface area contributed by atoms with E-state index in [0.717, 1.165) is 35.8 Å². The van der Waals surface area contributed by atoms with E-state index < -0.39 is 0 Å². The highest BCUT2D eigenvalue weighted by molar-refractivity contribution is 5.50. The molecule has 2 aromatic rings. The summed E-state index contributed by atoms with van der Waals surface area (Å²) in [5, 5.41) is 0. The second-order valence-electron chi connectivity index (χ2n) is 4.61. The quantitative estimate of drug-likeness (QED) is 0.842. The third kappa shape index (κ3) is 2.31. The van der Waals surface area contributed by atoms with Gasteiger partial charge in [-0.3, -0.25) is 0 Å². The van der Waals surface area contributed by atoms with Crippen LogP contribution in [0.15, 0.2) is 30.5 Å². The molecule has 2 N–H and O–H groups in total. The highest BCUT2D eigenvalue weighted by atomic mass is 16.5. The Labute approximate surface area is 112 Å². The van der Waals surface area contributed by atoms with Gasteiger partial charge in [-0.05, 0) is 13.0 Å². The van der Waals surface area contributed by atoms with E-state index >= 15 is 0 Å². The predicted molar refractivity (Wildman–Crippen MR) is 74.2 cm³/mol. The van der Waals surface area contributed by atoms with Crippen LogP contribution in [0.25, 0.3) is 0 Å². The van der Waals surface area contributed by atoms with Crippen molar-refractivity contribution in [2.75, 3.05) is 23.8 Å². The lowest BCUT2D eigenvalue weighted by atomic mass is 10.2. The summed E-state index contributed by atoms with van der Waals surface area (Å²) in [5.41, 5.74) is 7.87. The number of aryl methyl sites for hydroxylation is 1. The van der Waals surface area contributed by atoms with E-state index in [9.17, 15) is 0 Å². The number of fused-ring (bicyclic) bond motifs is 1. The number of nitrogens with two attached hydrogens (primary N) is 1. The first-order valence-electron chi connectivity index (χ1n) is 6.29. The first kappa shape index (κ1) is 11.8. The molecule has 19 heavy (non-hydrogen) atoms. The van der Waals surface area contributed by atoms with Crippen molar-refractivity contribution < 1.29 is 4.74 Å². The van der Waals surface area contributed by atoms with E-state index in [1.165, 1.54) is 0 Å². The van der Waals surface area contributed by atoms with Gasteiger partial charge in [-0.15, -0.1) is 0 Å². The fourth-order valence-electron chi connectivity index (χ4n) is 2.27. The SMILES string of the molecule is Cc1cnc(N)nc1N1CCOc2ccccc2C1. The van der Waals surface area contributed by atoms with Crippen LogP contribution >= 0.6 is 0 Å². The van der Waals surface area contributed by atoms with Crippen molar-refractivity contribution in [3.8, 4) is 5.75 Å². The fourth-order valence-corrected chi connectivity index (χ4v) is 2.27. The van der Waals surface area contributed by atoms with Gasteiger partial charge in [0.05, 0.1) is 6.54 Å². The lowest BCUT2D eigenvalue weighted by Crippen LogP contribution is -2.27. The molecular formula is C14H16N4O. The highest BCUT2D eigenvalue weighted by Crippen LogP contribution is 2.26. The van der Waals surface area contributed by atoms with Crippen LogP contribution in [0.4, 0.5) is 11.8 Å². The topological polar surface area (TPSA) is 64.3 Å². The Morgan fingerprint density at radius 1 is 1.32 bits per heavy atom. The largest absolute Gasteiger partial charge is 0.491 e. The number of hydrogen-bond acceptors (Lipinski definition) is 5. The van der Waals surface area contributed by atoms with Crippen LogP contribution in [0.2, 0.25) is 0 Å². The maximum Gasteiger partial charge on any atom is 0.221 e. The van der Waals surface area contributed by atoms with E-state index in [1.807, 2.05) is 25.1 Å². The Morgan fingerprint density at radius 2 is 2.16 bits per heavy atom. The summed E-state index contributed by atoms with van der Waals surface area (Å²) in [5.74, 6) is 2.14. The van der Waals surface area contributed by atoms with Crippen molar-refractivity contribution in [2.24, 2.45) is 0 Å². The average Bonchev–Trinajstić information content (AvgIpc) is 2.63. The summed E-state index contributed by atoms with van der Waals surface area (Å²) < 4.78 is 5.75. The Bertz CT molecular complexity index is 600. The zero-order chi connectivity index (χ0) is 13.2. The van der Waals surface area contributed by atoms with E-state index in [2.05, 4.69) is 20.9 Å². The molecule has 98 valence electrons. The molecule has 2 heterocycles. The zero-order valence-corrected chi connectivity index (χ0v) is 10.8. The molecule has 1 aliphatic rings. The number of para-hydroxylation sites is 1. The van der Waals surface area contributed by atoms with Crippen molar-refractivity contribution in [2.45, 2.75) is 13.5 Å². The zero-order valence-electron chi connectivity index (χ0n) is 10.8. The summed E-state index contributed by atoms with van der Waals surface area (Å²) in [4.78, 5) is 10.5. The Balaban J connectivity index is 1.96. The summed E-state index contributed by atoms with van der Waals surface area (Å²) >= 11 is 0. The van der Waals surface area contributed by atoms with E-state index in [1.54, 1.807) is 6.20 Å². The van der Waals surface area contributed by atoms with Gasteiger partial charge in [-0.2, -0.15) is 4.98 Å². The molecule has 3 rings (SSSR count). The summed E-state index contributed by atoms with van der Waals surface area (Å²) in [7, 11) is 0. The summed E-state index contributed by atoms with van der Waals surface area (Å²) in [6, 6.07) is 8.09. The van der Waals surface area contributed by atoms with Gasteiger partial charge in [-0.1, -0.05) is 18.2 Å². The average molecular weight is 256 g/mol. The highest BCUT2D eigenvalue weighted by Gasteiger charge is 2.18. The van der Waals surface area contributed by atoms with E-state index in [4.69, 9.17) is 10.5 Å². The third-order valence-electron chi connectivity index (χ3n) is 3.22. The Hall–Kier alpha value is -2.30. The van der Waals surface area contributed by atoms with Gasteiger partial charge >= 0.3 is 0 Å². The number of ether oxygens (including phenoxy) is 1. The van der Waals surface area contributed by atoms with Crippen LogP contribution in [0.1, 0.15) is 11.1 Å². The third-order valence-corrected chi connectivity index (χ3v) is 3.22. The second kappa shape index (κ2) is 4.76. The maximum absolute atomic E-state index is 5.75. The lowest BCUT2D eigenvalue weighted by molar-refractivity contribution is 0.331. The van der Waals surface area contributed by atoms with Crippen LogP contribution in [0.5, 0.6) is 5.75 Å². The minimum Gasteiger partial charge on any atom is -0.491 e. The van der Waals surface area contributed by atoms with E-state index in [0.29, 0.717) is 12.6 Å². The minimum atomic E-state index is 0.305. The number of rotatable bonds is 1. The molecule has 0 saturated heterocycles. The Kier molecular flexibility index (Phi) is 2.95. The molecule has 5 nitrogen and oxygen atoms in total. The number of anilines is 2. The van der Waals surface area contributed by atoms with Crippen molar-refractivity contribution in [3.63, 3.8) is 0 Å². The number of aromatic nitrogens is 2. The molecule has 1 aliphatic heterocycles. The molecule has 0 amide bonds. The van der Waals surface area contributed by atoms with Gasteiger partial charge in [-0.25, -0.2) is 4.98 Å². The first-order valence-corrected chi connectivity index (χ1v) is 6.29. The molecule has 0 radical (unpaired) electrons. The van der Waals surface area contributed by atoms with Gasteiger partial charge in [0.15, 0.2) is 0 Å². The van der Waals surface area contributed by atoms with Crippen LogP contribution < -0.4 is 15.4 Å². The number of benzene rings is 1. The number of nitrogens with zero attached hydrogens (tertiary/aromatic N) is 3. The summed E-state index contributed by atoms with van der Waals surface area (Å²) in [6.45, 7) is 4.19. The molecule has 0 atom stereocenters. The molecule has 0 saturated carbocycles. The number of nitrogen functional groups attached to an aromatic ring is 1. The lowest BCUT2D eigenvalue weighted by Gasteiger charge is -2.22. The monoisotopic (exact) mass is 256 g/mol. The van der Waals surface area contributed by atoms with Gasteiger partial charge in [0.25, 0.3) is 0 Å². The molecule has 5 heteroatoms. The van der Waals surface area contributed by atoms with Gasteiger partial charge < -0.3 is 15.4 Å².